The molecule has 25 heavy (non-hydrogen) atoms. The molecule has 1 amide bonds. The van der Waals surface area contributed by atoms with E-state index in [0.717, 1.165) is 32.0 Å². The van der Waals surface area contributed by atoms with Crippen LogP contribution < -0.4 is 15.5 Å². The number of benzene rings is 1. The Labute approximate surface area is 151 Å². The minimum atomic E-state index is -0.176. The Morgan fingerprint density at radius 2 is 1.84 bits per heavy atom. The Bertz CT molecular complexity index is 555. The number of hydrogen-bond donors (Lipinski definition) is 2. The van der Waals surface area contributed by atoms with E-state index in [1.165, 1.54) is 31.4 Å². The maximum atomic E-state index is 12.5. The van der Waals surface area contributed by atoms with Gasteiger partial charge in [0.2, 0.25) is 5.91 Å². The molecule has 138 valence electrons. The average molecular weight is 345 g/mol. The van der Waals surface area contributed by atoms with Crippen LogP contribution in [0.1, 0.15) is 39.5 Å². The summed E-state index contributed by atoms with van der Waals surface area (Å²) in [6.45, 7) is 7.64. The van der Waals surface area contributed by atoms with E-state index in [1.54, 1.807) is 0 Å². The van der Waals surface area contributed by atoms with Gasteiger partial charge in [0.1, 0.15) is 0 Å². The number of amides is 1. The Morgan fingerprint density at radius 1 is 1.16 bits per heavy atom. The van der Waals surface area contributed by atoms with Crippen LogP contribution in [0.4, 0.5) is 11.4 Å². The number of carbonyl (C=O) groups excluding carboxylic acids is 1. The number of nitrogens with one attached hydrogen (secondary N) is 2. The van der Waals surface area contributed by atoms with E-state index >= 15 is 0 Å². The molecule has 0 spiro atoms. The van der Waals surface area contributed by atoms with Gasteiger partial charge in [-0.1, -0.05) is 19.8 Å². The van der Waals surface area contributed by atoms with E-state index in [2.05, 4.69) is 34.6 Å². The van der Waals surface area contributed by atoms with Gasteiger partial charge in [-0.2, -0.15) is 0 Å². The number of morpholine rings is 1. The standard InChI is InChI=1S/C20H31N3O2/c1-15-5-3-4-6-19(15)21-16(2)20(24)22-17-7-9-18(10-8-17)23-11-13-25-14-12-23/h7-10,15-16,19,21H,3-6,11-14H2,1-2H3,(H,22,24)/t15-,16-,19+/m0/s1. The molecule has 5 heteroatoms. The van der Waals surface area contributed by atoms with Crippen molar-refractivity contribution in [3.63, 3.8) is 0 Å². The quantitative estimate of drug-likeness (QED) is 0.861. The van der Waals surface area contributed by atoms with Crippen LogP contribution >= 0.6 is 0 Å². The third-order valence-corrected chi connectivity index (χ3v) is 5.48. The fourth-order valence-electron chi connectivity index (χ4n) is 3.79. The Balaban J connectivity index is 1.51. The molecule has 1 aliphatic heterocycles. The number of anilines is 2. The molecular weight excluding hydrogens is 314 g/mol. The Kier molecular flexibility index (Phi) is 6.32. The summed E-state index contributed by atoms with van der Waals surface area (Å²) < 4.78 is 5.39. The SMILES string of the molecule is C[C@H](N[C@@H]1CCCC[C@@H]1C)C(=O)Nc1ccc(N2CCOCC2)cc1. The molecule has 2 fully saturated rings. The summed E-state index contributed by atoms with van der Waals surface area (Å²) >= 11 is 0. The highest BCUT2D eigenvalue weighted by molar-refractivity contribution is 5.94. The van der Waals surface area contributed by atoms with Gasteiger partial charge in [0.25, 0.3) is 0 Å². The summed E-state index contributed by atoms with van der Waals surface area (Å²) in [6.07, 6.45) is 5.01. The van der Waals surface area contributed by atoms with Crippen LogP contribution in [0.5, 0.6) is 0 Å². The molecule has 0 unspecified atom stereocenters. The largest absolute Gasteiger partial charge is 0.378 e. The fraction of sp³-hybridized carbons (Fsp3) is 0.650. The molecule has 2 aliphatic rings. The average Bonchev–Trinajstić information content (AvgIpc) is 2.65. The molecule has 1 aromatic carbocycles. The molecule has 1 aliphatic carbocycles. The van der Waals surface area contributed by atoms with Crippen molar-refractivity contribution in [2.45, 2.75) is 51.6 Å². The van der Waals surface area contributed by atoms with Crippen molar-refractivity contribution in [3.05, 3.63) is 24.3 Å². The zero-order valence-corrected chi connectivity index (χ0v) is 15.5. The van der Waals surface area contributed by atoms with Gasteiger partial charge in [-0.15, -0.1) is 0 Å². The maximum absolute atomic E-state index is 12.5. The van der Waals surface area contributed by atoms with Crippen molar-refractivity contribution < 1.29 is 9.53 Å². The molecule has 3 atom stereocenters. The maximum Gasteiger partial charge on any atom is 0.241 e. The molecule has 3 rings (SSSR count). The third-order valence-electron chi connectivity index (χ3n) is 5.48. The predicted molar refractivity (Wildman–Crippen MR) is 102 cm³/mol. The van der Waals surface area contributed by atoms with Crippen molar-refractivity contribution in [1.82, 2.24) is 5.32 Å². The number of ether oxygens (including phenoxy) is 1. The van der Waals surface area contributed by atoms with E-state index in [-0.39, 0.29) is 11.9 Å². The second-order valence-corrected chi connectivity index (χ2v) is 7.39. The first kappa shape index (κ1) is 18.2. The topological polar surface area (TPSA) is 53.6 Å². The summed E-state index contributed by atoms with van der Waals surface area (Å²) in [4.78, 5) is 14.8. The lowest BCUT2D eigenvalue weighted by atomic mass is 9.85. The van der Waals surface area contributed by atoms with Gasteiger partial charge in [0, 0.05) is 30.5 Å². The lowest BCUT2D eigenvalue weighted by Gasteiger charge is -2.31. The van der Waals surface area contributed by atoms with Crippen LogP contribution in [-0.4, -0.2) is 44.3 Å². The zero-order chi connectivity index (χ0) is 17.6. The highest BCUT2D eigenvalue weighted by Crippen LogP contribution is 2.24. The van der Waals surface area contributed by atoms with E-state index in [9.17, 15) is 4.79 Å². The molecule has 2 N–H and O–H groups in total. The van der Waals surface area contributed by atoms with E-state index in [1.807, 2.05) is 19.1 Å². The molecule has 5 nitrogen and oxygen atoms in total. The third kappa shape index (κ3) is 4.95. The summed E-state index contributed by atoms with van der Waals surface area (Å²) in [5.74, 6) is 0.689. The fourth-order valence-corrected chi connectivity index (χ4v) is 3.79. The molecule has 0 radical (unpaired) electrons. The Morgan fingerprint density at radius 3 is 2.52 bits per heavy atom. The van der Waals surface area contributed by atoms with E-state index < -0.39 is 0 Å². The summed E-state index contributed by atoms with van der Waals surface area (Å²) in [7, 11) is 0. The first-order chi connectivity index (χ1) is 12.1. The summed E-state index contributed by atoms with van der Waals surface area (Å²) in [5.41, 5.74) is 2.04. The van der Waals surface area contributed by atoms with Crippen LogP contribution in [0, 0.1) is 5.92 Å². The van der Waals surface area contributed by atoms with Crippen LogP contribution in [0.2, 0.25) is 0 Å². The van der Waals surface area contributed by atoms with Crippen molar-refractivity contribution in [3.8, 4) is 0 Å². The van der Waals surface area contributed by atoms with Gasteiger partial charge in [0.05, 0.1) is 19.3 Å². The minimum Gasteiger partial charge on any atom is -0.378 e. The number of nitrogens with zero attached hydrogens (tertiary/aromatic N) is 1. The van der Waals surface area contributed by atoms with Crippen molar-refractivity contribution >= 4 is 17.3 Å². The number of rotatable bonds is 5. The van der Waals surface area contributed by atoms with Crippen LogP contribution in [-0.2, 0) is 9.53 Å². The highest BCUT2D eigenvalue weighted by Gasteiger charge is 2.24. The molecule has 0 bridgehead atoms. The van der Waals surface area contributed by atoms with E-state index in [0.29, 0.717) is 12.0 Å². The van der Waals surface area contributed by atoms with Crippen LogP contribution in [0.25, 0.3) is 0 Å². The predicted octanol–water partition coefficient (Wildman–Crippen LogP) is 3.02. The first-order valence-corrected chi connectivity index (χ1v) is 9.63. The molecule has 0 aromatic heterocycles. The number of hydrogen-bond acceptors (Lipinski definition) is 4. The normalized spacial score (nSPS) is 25.4. The summed E-state index contributed by atoms with van der Waals surface area (Å²) in [5, 5.41) is 6.55. The number of carbonyl (C=O) groups is 1. The van der Waals surface area contributed by atoms with Gasteiger partial charge in [-0.05, 0) is 49.9 Å². The minimum absolute atomic E-state index is 0.0388. The van der Waals surface area contributed by atoms with E-state index in [4.69, 9.17) is 4.74 Å². The monoisotopic (exact) mass is 345 g/mol. The molecule has 1 aromatic rings. The second-order valence-electron chi connectivity index (χ2n) is 7.39. The molecule has 1 saturated heterocycles. The second kappa shape index (κ2) is 8.68. The van der Waals surface area contributed by atoms with Gasteiger partial charge < -0.3 is 20.3 Å². The highest BCUT2D eigenvalue weighted by atomic mass is 16.5. The van der Waals surface area contributed by atoms with Gasteiger partial charge in [0.15, 0.2) is 0 Å². The Hall–Kier alpha value is -1.59. The molecule has 1 heterocycles. The summed E-state index contributed by atoms with van der Waals surface area (Å²) in [6, 6.07) is 8.39. The van der Waals surface area contributed by atoms with Gasteiger partial charge in [-0.3, -0.25) is 4.79 Å². The van der Waals surface area contributed by atoms with Crippen molar-refractivity contribution in [1.29, 1.82) is 0 Å². The molecule has 1 saturated carbocycles. The van der Waals surface area contributed by atoms with Gasteiger partial charge in [-0.25, -0.2) is 0 Å². The lowest BCUT2D eigenvalue weighted by Crippen LogP contribution is -2.47. The van der Waals surface area contributed by atoms with Crippen molar-refractivity contribution in [2.24, 2.45) is 5.92 Å². The smallest absolute Gasteiger partial charge is 0.241 e. The van der Waals surface area contributed by atoms with Crippen molar-refractivity contribution in [2.75, 3.05) is 36.5 Å². The molecular formula is C20H31N3O2. The van der Waals surface area contributed by atoms with Crippen LogP contribution in [0.15, 0.2) is 24.3 Å². The zero-order valence-electron chi connectivity index (χ0n) is 15.5. The van der Waals surface area contributed by atoms with Crippen LogP contribution in [0.3, 0.4) is 0 Å². The lowest BCUT2D eigenvalue weighted by molar-refractivity contribution is -0.118. The van der Waals surface area contributed by atoms with Gasteiger partial charge >= 0.3 is 0 Å². The first-order valence-electron chi connectivity index (χ1n) is 9.63.